The fourth-order valence-electron chi connectivity index (χ4n) is 1.55. The van der Waals surface area contributed by atoms with Crippen molar-refractivity contribution in [2.45, 2.75) is 6.54 Å². The third-order valence-electron chi connectivity index (χ3n) is 2.49. The summed E-state index contributed by atoms with van der Waals surface area (Å²) in [6.07, 6.45) is 3.04. The second kappa shape index (κ2) is 12.5. The van der Waals surface area contributed by atoms with E-state index in [2.05, 4.69) is 9.98 Å². The number of pyridine rings is 1. The number of nitrogens with zero attached hydrogens (tertiary/aromatic N) is 3. The topological polar surface area (TPSA) is 185 Å². The number of aromatic carboxylic acids is 1. The van der Waals surface area contributed by atoms with E-state index in [0.29, 0.717) is 6.54 Å². The predicted octanol–water partition coefficient (Wildman–Crippen LogP) is 0.309. The Kier molecular flexibility index (Phi) is 12.2. The number of benzene rings is 1. The molecule has 0 aliphatic rings. The Hall–Kier alpha value is -2.91. The van der Waals surface area contributed by atoms with E-state index >= 15 is 0 Å². The van der Waals surface area contributed by atoms with Crippen molar-refractivity contribution >= 4 is 12.2 Å². The first kappa shape index (κ1) is 24.3. The van der Waals surface area contributed by atoms with Crippen LogP contribution in [0.5, 0.6) is 5.75 Å². The fourth-order valence-corrected chi connectivity index (χ4v) is 1.55. The Bertz CT molecular complexity index is 707. The number of para-hydroxylation sites is 1. The van der Waals surface area contributed by atoms with Crippen molar-refractivity contribution in [3.8, 4) is 5.75 Å². The predicted molar refractivity (Wildman–Crippen MR) is 83.6 cm³/mol. The maximum absolute atomic E-state index is 11.8. The molecule has 0 bridgehead atoms. The monoisotopic (exact) mass is 400 g/mol. The minimum absolute atomic E-state index is 0. The summed E-state index contributed by atoms with van der Waals surface area (Å²) < 4.78 is 0. The van der Waals surface area contributed by atoms with Gasteiger partial charge in [-0.2, -0.15) is 0 Å². The molecule has 4 N–H and O–H groups in total. The summed E-state index contributed by atoms with van der Waals surface area (Å²) in [4.78, 5) is 27.2. The summed E-state index contributed by atoms with van der Waals surface area (Å²) in [6.45, 7) is 0.345. The molecule has 1 aromatic carbocycles. The van der Waals surface area contributed by atoms with Gasteiger partial charge in [0.05, 0.1) is 22.9 Å². The van der Waals surface area contributed by atoms with E-state index in [1.807, 2.05) is 12.1 Å². The van der Waals surface area contributed by atoms with Gasteiger partial charge < -0.3 is 31.0 Å². The van der Waals surface area contributed by atoms with Crippen LogP contribution in [0.25, 0.3) is 0 Å². The summed E-state index contributed by atoms with van der Waals surface area (Å²) in [5, 5.41) is 35.4. The van der Waals surface area contributed by atoms with Gasteiger partial charge in [-0.25, -0.2) is 4.79 Å². The molecule has 10 nitrogen and oxygen atoms in total. The van der Waals surface area contributed by atoms with Crippen LogP contribution in [0.2, 0.25) is 0 Å². The second-order valence-corrected chi connectivity index (χ2v) is 4.04. The molecular formula is C14H14N3O7Zn+. The van der Waals surface area contributed by atoms with Gasteiger partial charge in [-0.1, -0.05) is 23.9 Å². The van der Waals surface area contributed by atoms with E-state index in [1.54, 1.807) is 12.3 Å². The fraction of sp³-hybridized carbons (Fsp3) is 0.0714. The normalized spacial score (nSPS) is 9.12. The molecule has 0 saturated heterocycles. The molecule has 0 saturated carbocycles. The van der Waals surface area contributed by atoms with E-state index in [1.165, 1.54) is 24.4 Å². The molecule has 0 aliphatic carbocycles. The van der Waals surface area contributed by atoms with Crippen LogP contribution in [0.1, 0.15) is 21.6 Å². The zero-order valence-electron chi connectivity index (χ0n) is 12.9. The molecule has 0 unspecified atom stereocenters. The standard InChI is InChI=1S/C14H12N2O3.NO3.H2O.Zn/c17-13-10(4-3-6-12(13)14(18)19)8-15-9-11-5-1-2-7-16-11;2-1(3)4;;/h1-8,17H,9H2,(H,18,19);;1H2;/q;-1;;+2. The van der Waals surface area contributed by atoms with Crippen molar-refractivity contribution in [3.05, 3.63) is 74.7 Å². The van der Waals surface area contributed by atoms with Gasteiger partial charge in [0, 0.05) is 12.4 Å². The Morgan fingerprint density at radius 3 is 2.40 bits per heavy atom. The maximum Gasteiger partial charge on any atom is 2.00 e. The zero-order chi connectivity index (χ0) is 17.2. The zero-order valence-corrected chi connectivity index (χ0v) is 15.9. The van der Waals surface area contributed by atoms with Gasteiger partial charge in [0.2, 0.25) is 0 Å². The number of hydrogen-bond donors (Lipinski definition) is 1. The molecule has 2 rings (SSSR count). The van der Waals surface area contributed by atoms with Gasteiger partial charge in [-0.05, 0) is 23.8 Å². The van der Waals surface area contributed by atoms with Crippen LogP contribution in [0.15, 0.2) is 47.6 Å². The van der Waals surface area contributed by atoms with Crippen LogP contribution in [0.4, 0.5) is 0 Å². The molecule has 0 aliphatic heterocycles. The van der Waals surface area contributed by atoms with E-state index in [-0.39, 0.29) is 36.1 Å². The molecule has 0 amide bonds. The number of aliphatic imine (C=N–C) groups is 1. The average molecular weight is 402 g/mol. The smallest absolute Gasteiger partial charge is 0.871 e. The van der Waals surface area contributed by atoms with E-state index in [4.69, 9.17) is 20.4 Å². The SMILES string of the molecule is O=C(O)c1cccc(C=NCc2ccccn2)c1[O-].O=[N+]([O-])[O-].[OH3+].[Zn+2]. The van der Waals surface area contributed by atoms with E-state index < -0.39 is 16.8 Å². The number of rotatable bonds is 4. The minimum Gasteiger partial charge on any atom is -0.871 e. The molecule has 2 aromatic rings. The Balaban J connectivity index is 0. The Morgan fingerprint density at radius 1 is 1.24 bits per heavy atom. The van der Waals surface area contributed by atoms with E-state index in [0.717, 1.165) is 5.69 Å². The number of hydrogen-bond acceptors (Lipinski definition) is 7. The molecule has 0 atom stereocenters. The molecule has 0 radical (unpaired) electrons. The average Bonchev–Trinajstić information content (AvgIpc) is 2.49. The van der Waals surface area contributed by atoms with Gasteiger partial charge in [0.15, 0.2) is 0 Å². The Labute approximate surface area is 154 Å². The maximum atomic E-state index is 11.8. The quantitative estimate of drug-likeness (QED) is 0.251. The molecule has 128 valence electrons. The molecule has 0 spiro atoms. The van der Waals surface area contributed by atoms with Crippen LogP contribution in [0.3, 0.4) is 0 Å². The van der Waals surface area contributed by atoms with E-state index in [9.17, 15) is 9.90 Å². The van der Waals surface area contributed by atoms with Gasteiger partial charge in [-0.15, -0.1) is 0 Å². The van der Waals surface area contributed by atoms with Crippen LogP contribution in [-0.4, -0.2) is 27.4 Å². The first-order chi connectivity index (χ1) is 10.9. The largest absolute Gasteiger partial charge is 2.00 e. The summed E-state index contributed by atoms with van der Waals surface area (Å²) in [6, 6.07) is 9.81. The molecule has 0 fully saturated rings. The van der Waals surface area contributed by atoms with Gasteiger partial charge in [-0.3, -0.25) is 9.98 Å². The third kappa shape index (κ3) is 9.08. The summed E-state index contributed by atoms with van der Waals surface area (Å²) in [7, 11) is 0. The number of carboxylic acid groups (broad SMARTS) is 1. The number of carbonyl (C=O) groups is 1. The minimum atomic E-state index is -1.75. The molecule has 25 heavy (non-hydrogen) atoms. The van der Waals surface area contributed by atoms with Crippen molar-refractivity contribution in [1.82, 2.24) is 4.98 Å². The molecule has 1 heterocycles. The first-order valence-electron chi connectivity index (χ1n) is 6.16. The third-order valence-corrected chi connectivity index (χ3v) is 2.49. The van der Waals surface area contributed by atoms with Crippen molar-refractivity contribution in [3.63, 3.8) is 0 Å². The van der Waals surface area contributed by atoms with Gasteiger partial charge >= 0.3 is 25.4 Å². The van der Waals surface area contributed by atoms with Crippen LogP contribution < -0.4 is 5.11 Å². The van der Waals surface area contributed by atoms with Gasteiger partial charge in [0.25, 0.3) is 0 Å². The van der Waals surface area contributed by atoms with Crippen LogP contribution in [0, 0.1) is 15.3 Å². The number of carboxylic acids is 1. The summed E-state index contributed by atoms with van der Waals surface area (Å²) in [5.74, 6) is -1.76. The molecule has 1 aromatic heterocycles. The van der Waals surface area contributed by atoms with Crippen LogP contribution >= 0.6 is 0 Å². The molecular weight excluding hydrogens is 388 g/mol. The van der Waals surface area contributed by atoms with Crippen molar-refractivity contribution < 1.29 is 45.0 Å². The summed E-state index contributed by atoms with van der Waals surface area (Å²) in [5.41, 5.74) is 0.790. The van der Waals surface area contributed by atoms with Crippen molar-refractivity contribution in [1.29, 1.82) is 0 Å². The van der Waals surface area contributed by atoms with Crippen molar-refractivity contribution in [2.75, 3.05) is 0 Å². The number of aromatic nitrogens is 1. The second-order valence-electron chi connectivity index (χ2n) is 4.04. The van der Waals surface area contributed by atoms with Gasteiger partial charge in [0.1, 0.15) is 0 Å². The summed E-state index contributed by atoms with van der Waals surface area (Å²) >= 11 is 0. The molecule has 11 heteroatoms. The first-order valence-corrected chi connectivity index (χ1v) is 6.16. The van der Waals surface area contributed by atoms with Crippen molar-refractivity contribution in [2.24, 2.45) is 4.99 Å². The Morgan fingerprint density at radius 2 is 1.88 bits per heavy atom. The van der Waals surface area contributed by atoms with Crippen LogP contribution in [-0.2, 0) is 31.5 Å².